The number of carbonyl (C=O) groups excluding carboxylic acids is 1. The lowest BCUT2D eigenvalue weighted by atomic mass is 10.5. The highest BCUT2D eigenvalue weighted by Crippen LogP contribution is 1.86. The van der Waals surface area contributed by atoms with Gasteiger partial charge in [-0.05, 0) is 7.05 Å². The van der Waals surface area contributed by atoms with Crippen LogP contribution in [-0.4, -0.2) is 50.3 Å². The first-order valence-electron chi connectivity index (χ1n) is 3.32. The van der Waals surface area contributed by atoms with Crippen LogP contribution in [0.5, 0.6) is 0 Å². The molecule has 66 valence electrons. The van der Waals surface area contributed by atoms with Crippen LogP contribution >= 0.6 is 0 Å². The molecule has 0 rings (SSSR count). The van der Waals surface area contributed by atoms with Crippen molar-refractivity contribution in [3.63, 3.8) is 0 Å². The van der Waals surface area contributed by atoms with Gasteiger partial charge in [-0.15, -0.1) is 9.60 Å². The molecule has 0 saturated heterocycles. The molecule has 0 aliphatic heterocycles. The third kappa shape index (κ3) is 5.75. The molecule has 0 radical (unpaired) electrons. The lowest BCUT2D eigenvalue weighted by Gasteiger charge is -2.16. The fraction of sp³-hybridized carbons (Fsp3) is 0.833. The number of likely N-dealkylation sites (N-methyl/N-ethyl adjacent to an activating group) is 2. The van der Waals surface area contributed by atoms with Gasteiger partial charge in [0.15, 0.2) is 0 Å². The van der Waals surface area contributed by atoms with E-state index in [-0.39, 0.29) is 19.1 Å². The minimum Gasteiger partial charge on any atom is -0.358 e. The van der Waals surface area contributed by atoms with E-state index in [1.54, 1.807) is 19.0 Å². The molecule has 0 saturated carbocycles. The van der Waals surface area contributed by atoms with Gasteiger partial charge in [0.1, 0.15) is 0 Å². The third-order valence-electron chi connectivity index (χ3n) is 1.13. The molecule has 0 unspecified atom stereocenters. The van der Waals surface area contributed by atoms with Gasteiger partial charge in [-0.3, -0.25) is 9.69 Å². The molecule has 0 spiro atoms. The number of carbonyl (C=O) groups is 1. The number of hydrogen-bond acceptors (Lipinski definition) is 3. The van der Waals surface area contributed by atoms with E-state index in [1.807, 2.05) is 0 Å². The normalized spacial score (nSPS) is 10.7. The Morgan fingerprint density at radius 2 is 2.09 bits per heavy atom. The van der Waals surface area contributed by atoms with Crippen LogP contribution in [0.1, 0.15) is 0 Å². The number of amides is 1. The van der Waals surface area contributed by atoms with Gasteiger partial charge < -0.3 is 5.32 Å². The number of hydrogen-bond donors (Lipinski definition) is 1. The average molecular weight is 163 g/mol. The van der Waals surface area contributed by atoms with Crippen LogP contribution in [-0.2, 0) is 4.79 Å². The molecule has 1 N–H and O–H groups in total. The smallest absolute Gasteiger partial charge is 0.233 e. The van der Waals surface area contributed by atoms with Crippen LogP contribution in [0.15, 0.2) is 0 Å². The molecule has 0 atom stereocenters. The summed E-state index contributed by atoms with van der Waals surface area (Å²) < 4.78 is 12.2. The van der Waals surface area contributed by atoms with Crippen LogP contribution in [0.3, 0.4) is 0 Å². The molecule has 0 aliphatic carbocycles. The van der Waals surface area contributed by atoms with Crippen LogP contribution < -0.4 is 5.32 Å². The molecule has 0 fully saturated rings. The Kier molecular flexibility index (Phi) is 4.72. The fourth-order valence-corrected chi connectivity index (χ4v) is 0.707. The summed E-state index contributed by atoms with van der Waals surface area (Å²) in [7, 11) is 4.53. The summed E-state index contributed by atoms with van der Waals surface area (Å²) >= 11 is 0. The quantitative estimate of drug-likeness (QED) is 0.445. The van der Waals surface area contributed by atoms with E-state index in [0.717, 1.165) is 0 Å². The first kappa shape index (κ1) is 10.3. The van der Waals surface area contributed by atoms with Crippen molar-refractivity contribution in [3.8, 4) is 0 Å². The highest BCUT2D eigenvalue weighted by molar-refractivity contribution is 5.77. The molecule has 5 heteroatoms. The molecule has 0 bridgehead atoms. The van der Waals surface area contributed by atoms with Crippen LogP contribution in [0.4, 0.5) is 4.48 Å². The van der Waals surface area contributed by atoms with Crippen molar-refractivity contribution in [1.29, 1.82) is 0 Å². The molecular formula is C6H14FN3O. The van der Waals surface area contributed by atoms with Gasteiger partial charge in [-0.1, -0.05) is 0 Å². The Hall–Kier alpha value is -0.680. The lowest BCUT2D eigenvalue weighted by Crippen LogP contribution is -2.36. The zero-order chi connectivity index (χ0) is 8.85. The fourth-order valence-electron chi connectivity index (χ4n) is 0.707. The predicted octanol–water partition coefficient (Wildman–Crippen LogP) is -0.562. The first-order valence-corrected chi connectivity index (χ1v) is 3.32. The van der Waals surface area contributed by atoms with E-state index < -0.39 is 0 Å². The van der Waals surface area contributed by atoms with Crippen molar-refractivity contribution in [2.45, 2.75) is 0 Å². The molecule has 11 heavy (non-hydrogen) atoms. The Morgan fingerprint density at radius 1 is 1.55 bits per heavy atom. The van der Waals surface area contributed by atoms with E-state index in [2.05, 4.69) is 5.32 Å². The first-order chi connectivity index (χ1) is 5.06. The van der Waals surface area contributed by atoms with Gasteiger partial charge in [-0.2, -0.15) is 0 Å². The Labute approximate surface area is 65.9 Å². The number of halogens is 1. The van der Waals surface area contributed by atoms with Crippen molar-refractivity contribution in [3.05, 3.63) is 0 Å². The van der Waals surface area contributed by atoms with Crippen molar-refractivity contribution >= 4 is 5.91 Å². The van der Waals surface area contributed by atoms with E-state index in [4.69, 9.17) is 0 Å². The zero-order valence-electron chi connectivity index (χ0n) is 7.09. The molecular weight excluding hydrogens is 149 g/mol. The van der Waals surface area contributed by atoms with Crippen LogP contribution in [0.25, 0.3) is 0 Å². The summed E-state index contributed by atoms with van der Waals surface area (Å²) in [6.45, 7) is 0.345. The Bertz CT molecular complexity index is 129. The molecule has 0 heterocycles. The maximum Gasteiger partial charge on any atom is 0.233 e. The SMILES string of the molecule is CNC(=O)CN(C)CN(C)F. The van der Waals surface area contributed by atoms with Gasteiger partial charge in [0.05, 0.1) is 13.2 Å². The van der Waals surface area contributed by atoms with Gasteiger partial charge in [0.2, 0.25) is 5.91 Å². The standard InChI is InChI=1S/C6H14FN3O/c1-8-6(11)4-9(2)5-10(3)7/h4-5H2,1-3H3,(H,8,11). The summed E-state index contributed by atoms with van der Waals surface area (Å²) in [5, 5.41) is 2.96. The lowest BCUT2D eigenvalue weighted by molar-refractivity contribution is -0.122. The summed E-state index contributed by atoms with van der Waals surface area (Å²) in [5.74, 6) is -0.116. The highest BCUT2D eigenvalue weighted by atomic mass is 19.2. The molecule has 1 amide bonds. The largest absolute Gasteiger partial charge is 0.358 e. The summed E-state index contributed by atoms with van der Waals surface area (Å²) in [6, 6.07) is 0. The summed E-state index contributed by atoms with van der Waals surface area (Å²) in [4.78, 5) is 12.3. The number of nitrogens with one attached hydrogen (secondary N) is 1. The number of rotatable bonds is 4. The van der Waals surface area contributed by atoms with E-state index in [9.17, 15) is 9.28 Å². The molecule has 4 nitrogen and oxygen atoms in total. The van der Waals surface area contributed by atoms with Crippen molar-refractivity contribution < 1.29 is 9.28 Å². The van der Waals surface area contributed by atoms with Gasteiger partial charge in [-0.25, -0.2) is 0 Å². The van der Waals surface area contributed by atoms with Crippen LogP contribution in [0, 0.1) is 0 Å². The molecule has 0 aliphatic rings. The van der Waals surface area contributed by atoms with Crippen molar-refractivity contribution in [2.75, 3.05) is 34.4 Å². The van der Waals surface area contributed by atoms with Crippen molar-refractivity contribution in [2.24, 2.45) is 0 Å². The second-order valence-corrected chi connectivity index (χ2v) is 2.43. The maximum atomic E-state index is 12.2. The maximum absolute atomic E-state index is 12.2. The van der Waals surface area contributed by atoms with Gasteiger partial charge in [0, 0.05) is 14.1 Å². The number of nitrogens with zero attached hydrogens (tertiary/aromatic N) is 2. The summed E-state index contributed by atoms with van der Waals surface area (Å²) in [5.41, 5.74) is 0. The van der Waals surface area contributed by atoms with E-state index in [1.165, 1.54) is 7.05 Å². The van der Waals surface area contributed by atoms with Gasteiger partial charge in [0.25, 0.3) is 0 Å². The molecule has 0 aromatic heterocycles. The topological polar surface area (TPSA) is 35.6 Å². The van der Waals surface area contributed by atoms with Gasteiger partial charge >= 0.3 is 0 Å². The predicted molar refractivity (Wildman–Crippen MR) is 40.4 cm³/mol. The Balaban J connectivity index is 3.51. The molecule has 0 aromatic rings. The second kappa shape index (κ2) is 5.03. The Morgan fingerprint density at radius 3 is 2.45 bits per heavy atom. The van der Waals surface area contributed by atoms with Crippen LogP contribution in [0.2, 0.25) is 0 Å². The summed E-state index contributed by atoms with van der Waals surface area (Å²) in [6.07, 6.45) is 0. The average Bonchev–Trinajstić information content (AvgIpc) is 1.85. The van der Waals surface area contributed by atoms with Crippen molar-refractivity contribution in [1.82, 2.24) is 15.3 Å². The molecule has 0 aromatic carbocycles. The second-order valence-electron chi connectivity index (χ2n) is 2.43. The van der Waals surface area contributed by atoms with E-state index in [0.29, 0.717) is 5.12 Å². The highest BCUT2D eigenvalue weighted by Gasteiger charge is 2.05. The third-order valence-corrected chi connectivity index (χ3v) is 1.13. The minimum atomic E-state index is -0.116. The zero-order valence-corrected chi connectivity index (χ0v) is 7.09. The van der Waals surface area contributed by atoms with E-state index >= 15 is 0 Å². The minimum absolute atomic E-state index is 0.116. The monoisotopic (exact) mass is 163 g/mol.